The number of hydrogen-bond donors (Lipinski definition) is 3. The second-order valence-corrected chi connectivity index (χ2v) is 5.19. The number of aromatic nitrogens is 2. The van der Waals surface area contributed by atoms with Gasteiger partial charge in [0.15, 0.2) is 0 Å². The largest absolute Gasteiger partial charge is 0.481 e. The van der Waals surface area contributed by atoms with E-state index in [0.717, 1.165) is 17.3 Å². The number of carbonyl (C=O) groups is 2. The number of nitrogens with zero attached hydrogens (tertiary/aromatic N) is 1. The van der Waals surface area contributed by atoms with Crippen molar-refractivity contribution in [3.8, 4) is 0 Å². The van der Waals surface area contributed by atoms with Crippen LogP contribution < -0.4 is 5.32 Å². The fraction of sp³-hybridized carbons (Fsp3) is 0.357. The summed E-state index contributed by atoms with van der Waals surface area (Å²) < 4.78 is 0. The van der Waals surface area contributed by atoms with Crippen molar-refractivity contribution in [2.45, 2.75) is 25.3 Å². The third kappa shape index (κ3) is 2.36. The Morgan fingerprint density at radius 3 is 2.95 bits per heavy atom. The van der Waals surface area contributed by atoms with Crippen LogP contribution >= 0.6 is 0 Å². The van der Waals surface area contributed by atoms with E-state index in [0.29, 0.717) is 18.4 Å². The first-order valence-corrected chi connectivity index (χ1v) is 6.60. The molecule has 2 atom stereocenters. The third-order valence-corrected chi connectivity index (χ3v) is 3.82. The first-order chi connectivity index (χ1) is 9.63. The lowest BCUT2D eigenvalue weighted by atomic mass is 10.1. The summed E-state index contributed by atoms with van der Waals surface area (Å²) in [6, 6.07) is 5.28. The SMILES string of the molecule is O=C(N[C@H]1CC[C@@H](C(=O)O)C1)c1ccc2cn[nH]c2c1. The van der Waals surface area contributed by atoms with Crippen molar-refractivity contribution in [1.82, 2.24) is 15.5 Å². The van der Waals surface area contributed by atoms with Crippen LogP contribution in [0.3, 0.4) is 0 Å². The number of H-pyrrole nitrogens is 1. The summed E-state index contributed by atoms with van der Waals surface area (Å²) in [4.78, 5) is 23.0. The molecule has 6 heteroatoms. The van der Waals surface area contributed by atoms with Crippen LogP contribution in [0.5, 0.6) is 0 Å². The molecule has 6 nitrogen and oxygen atoms in total. The lowest BCUT2D eigenvalue weighted by Crippen LogP contribution is -2.33. The van der Waals surface area contributed by atoms with Gasteiger partial charge in [-0.2, -0.15) is 5.10 Å². The van der Waals surface area contributed by atoms with Gasteiger partial charge in [-0.25, -0.2) is 0 Å². The van der Waals surface area contributed by atoms with E-state index in [2.05, 4.69) is 15.5 Å². The van der Waals surface area contributed by atoms with Crippen LogP contribution in [0, 0.1) is 5.92 Å². The molecule has 1 heterocycles. The molecule has 20 heavy (non-hydrogen) atoms. The van der Waals surface area contributed by atoms with E-state index in [1.807, 2.05) is 6.07 Å². The van der Waals surface area contributed by atoms with Crippen LogP contribution in [0.15, 0.2) is 24.4 Å². The van der Waals surface area contributed by atoms with E-state index in [1.165, 1.54) is 0 Å². The number of carboxylic acids is 1. The first kappa shape index (κ1) is 12.7. The van der Waals surface area contributed by atoms with Crippen molar-refractivity contribution in [2.24, 2.45) is 5.92 Å². The highest BCUT2D eigenvalue weighted by Crippen LogP contribution is 2.26. The smallest absolute Gasteiger partial charge is 0.306 e. The number of amides is 1. The molecule has 0 aliphatic heterocycles. The number of nitrogens with one attached hydrogen (secondary N) is 2. The Morgan fingerprint density at radius 2 is 2.20 bits per heavy atom. The zero-order valence-electron chi connectivity index (χ0n) is 10.8. The zero-order valence-corrected chi connectivity index (χ0v) is 10.8. The quantitative estimate of drug-likeness (QED) is 0.790. The Balaban J connectivity index is 1.68. The summed E-state index contributed by atoms with van der Waals surface area (Å²) in [7, 11) is 0. The Hall–Kier alpha value is -2.37. The minimum Gasteiger partial charge on any atom is -0.481 e. The maximum absolute atomic E-state index is 12.1. The van der Waals surface area contributed by atoms with Crippen molar-refractivity contribution < 1.29 is 14.7 Å². The summed E-state index contributed by atoms with van der Waals surface area (Å²) >= 11 is 0. The number of carboxylic acid groups (broad SMARTS) is 1. The van der Waals surface area contributed by atoms with Crippen molar-refractivity contribution in [3.05, 3.63) is 30.0 Å². The van der Waals surface area contributed by atoms with E-state index in [-0.39, 0.29) is 17.9 Å². The Kier molecular flexibility index (Phi) is 3.14. The van der Waals surface area contributed by atoms with E-state index < -0.39 is 5.97 Å². The normalized spacial score (nSPS) is 22.0. The summed E-state index contributed by atoms with van der Waals surface area (Å²) in [5.74, 6) is -1.28. The average molecular weight is 273 g/mol. The van der Waals surface area contributed by atoms with Crippen LogP contribution in [-0.4, -0.2) is 33.2 Å². The summed E-state index contributed by atoms with van der Waals surface area (Å²) in [5, 5.41) is 19.5. The summed E-state index contributed by atoms with van der Waals surface area (Å²) in [6.07, 6.45) is 3.55. The van der Waals surface area contributed by atoms with Crippen molar-refractivity contribution in [3.63, 3.8) is 0 Å². The molecule has 1 aliphatic carbocycles. The molecule has 0 spiro atoms. The van der Waals surface area contributed by atoms with Gasteiger partial charge in [0.05, 0.1) is 17.6 Å². The standard InChI is InChI=1S/C14H15N3O3/c18-13(16-11-4-3-9(5-11)14(19)20)8-1-2-10-7-15-17-12(10)6-8/h1-2,6-7,9,11H,3-5H2,(H,15,17)(H,16,18)(H,19,20)/t9-,11+/m1/s1. The molecule has 3 rings (SSSR count). The maximum Gasteiger partial charge on any atom is 0.306 e. The molecule has 0 bridgehead atoms. The summed E-state index contributed by atoms with van der Waals surface area (Å²) in [5.41, 5.74) is 1.37. The Labute approximate surface area is 115 Å². The lowest BCUT2D eigenvalue weighted by molar-refractivity contribution is -0.141. The molecular formula is C14H15N3O3. The highest BCUT2D eigenvalue weighted by molar-refractivity contribution is 5.97. The third-order valence-electron chi connectivity index (χ3n) is 3.82. The maximum atomic E-state index is 12.1. The number of aromatic amines is 1. The predicted octanol–water partition coefficient (Wildman–Crippen LogP) is 1.55. The molecule has 1 fully saturated rings. The fourth-order valence-corrected chi connectivity index (χ4v) is 2.68. The molecule has 2 aromatic rings. The molecule has 1 aromatic carbocycles. The van der Waals surface area contributed by atoms with Crippen molar-refractivity contribution in [1.29, 1.82) is 0 Å². The van der Waals surface area contributed by atoms with Gasteiger partial charge in [-0.15, -0.1) is 0 Å². The van der Waals surface area contributed by atoms with Gasteiger partial charge in [-0.3, -0.25) is 14.7 Å². The average Bonchev–Trinajstić information content (AvgIpc) is 3.05. The highest BCUT2D eigenvalue weighted by atomic mass is 16.4. The molecule has 1 amide bonds. The molecule has 0 saturated heterocycles. The van der Waals surface area contributed by atoms with Gasteiger partial charge >= 0.3 is 5.97 Å². The highest BCUT2D eigenvalue weighted by Gasteiger charge is 2.30. The number of rotatable bonds is 3. The van der Waals surface area contributed by atoms with Gasteiger partial charge in [0.25, 0.3) is 5.91 Å². The number of fused-ring (bicyclic) bond motifs is 1. The molecule has 1 saturated carbocycles. The number of benzene rings is 1. The minimum absolute atomic E-state index is 0.0546. The number of hydrogen-bond acceptors (Lipinski definition) is 3. The van der Waals surface area contributed by atoms with E-state index in [9.17, 15) is 9.59 Å². The second kappa shape index (κ2) is 4.96. The molecule has 0 unspecified atom stereocenters. The molecular weight excluding hydrogens is 258 g/mol. The molecule has 104 valence electrons. The topological polar surface area (TPSA) is 95.1 Å². The fourth-order valence-electron chi connectivity index (χ4n) is 2.68. The van der Waals surface area contributed by atoms with Gasteiger partial charge in [0.2, 0.25) is 0 Å². The number of carbonyl (C=O) groups excluding carboxylic acids is 1. The lowest BCUT2D eigenvalue weighted by Gasteiger charge is -2.12. The van der Waals surface area contributed by atoms with Crippen molar-refractivity contribution >= 4 is 22.8 Å². The Bertz CT molecular complexity index is 664. The van der Waals surface area contributed by atoms with Gasteiger partial charge in [-0.05, 0) is 31.4 Å². The van der Waals surface area contributed by atoms with Crippen LogP contribution in [0.4, 0.5) is 0 Å². The molecule has 1 aliphatic rings. The van der Waals surface area contributed by atoms with Gasteiger partial charge in [0.1, 0.15) is 0 Å². The minimum atomic E-state index is -0.777. The van der Waals surface area contributed by atoms with Crippen LogP contribution in [-0.2, 0) is 4.79 Å². The molecule has 1 aromatic heterocycles. The van der Waals surface area contributed by atoms with E-state index in [1.54, 1.807) is 18.3 Å². The van der Waals surface area contributed by atoms with Crippen LogP contribution in [0.2, 0.25) is 0 Å². The van der Waals surface area contributed by atoms with E-state index >= 15 is 0 Å². The zero-order chi connectivity index (χ0) is 14.1. The van der Waals surface area contributed by atoms with Crippen molar-refractivity contribution in [2.75, 3.05) is 0 Å². The Morgan fingerprint density at radius 1 is 1.35 bits per heavy atom. The summed E-state index contributed by atoms with van der Waals surface area (Å²) in [6.45, 7) is 0. The van der Waals surface area contributed by atoms with E-state index in [4.69, 9.17) is 5.11 Å². The van der Waals surface area contributed by atoms with Gasteiger partial charge < -0.3 is 10.4 Å². The first-order valence-electron chi connectivity index (χ1n) is 6.60. The van der Waals surface area contributed by atoms with Gasteiger partial charge in [0, 0.05) is 17.0 Å². The van der Waals surface area contributed by atoms with Gasteiger partial charge in [-0.1, -0.05) is 6.07 Å². The van der Waals surface area contributed by atoms with Crippen LogP contribution in [0.25, 0.3) is 10.9 Å². The molecule has 3 N–H and O–H groups in total. The molecule has 0 radical (unpaired) electrons. The monoisotopic (exact) mass is 273 g/mol. The predicted molar refractivity (Wildman–Crippen MR) is 72.3 cm³/mol. The van der Waals surface area contributed by atoms with Crippen LogP contribution in [0.1, 0.15) is 29.6 Å². The number of aliphatic carboxylic acids is 1. The second-order valence-electron chi connectivity index (χ2n) is 5.19.